The van der Waals surface area contributed by atoms with E-state index in [4.69, 9.17) is 9.47 Å². The van der Waals surface area contributed by atoms with Crippen molar-refractivity contribution in [3.05, 3.63) is 0 Å². The quantitative estimate of drug-likeness (QED) is 0.553. The highest BCUT2D eigenvalue weighted by molar-refractivity contribution is 5.87. The topological polar surface area (TPSA) is 76.7 Å². The van der Waals surface area contributed by atoms with E-state index in [-0.39, 0.29) is 36.7 Å². The Kier molecular flexibility index (Phi) is 10.3. The van der Waals surface area contributed by atoms with Gasteiger partial charge in [-0.15, -0.1) is 0 Å². The molecule has 1 unspecified atom stereocenters. The fourth-order valence-corrected chi connectivity index (χ4v) is 1.32. The van der Waals surface area contributed by atoms with Crippen LogP contribution in [-0.2, 0) is 19.1 Å². The van der Waals surface area contributed by atoms with Gasteiger partial charge < -0.3 is 20.1 Å². The van der Waals surface area contributed by atoms with Crippen molar-refractivity contribution in [3.8, 4) is 0 Å². The molecule has 112 valence electrons. The highest BCUT2D eigenvalue weighted by Gasteiger charge is 2.12. The molecule has 19 heavy (non-hydrogen) atoms. The summed E-state index contributed by atoms with van der Waals surface area (Å²) < 4.78 is 10.3. The Morgan fingerprint density at radius 2 is 1.84 bits per heavy atom. The second-order valence-corrected chi connectivity index (χ2v) is 4.59. The summed E-state index contributed by atoms with van der Waals surface area (Å²) in [5, 5.41) is 5.62. The van der Waals surface area contributed by atoms with Gasteiger partial charge in [-0.1, -0.05) is 13.8 Å². The maximum absolute atomic E-state index is 11.5. The van der Waals surface area contributed by atoms with Gasteiger partial charge in [0.05, 0.1) is 32.3 Å². The Balaban J connectivity index is 3.87. The fourth-order valence-electron chi connectivity index (χ4n) is 1.32. The molecule has 0 fully saturated rings. The van der Waals surface area contributed by atoms with Gasteiger partial charge in [0, 0.05) is 19.6 Å². The molecule has 6 nitrogen and oxygen atoms in total. The van der Waals surface area contributed by atoms with Crippen molar-refractivity contribution in [2.45, 2.75) is 26.8 Å². The number of hydrogen-bond acceptors (Lipinski definition) is 5. The van der Waals surface area contributed by atoms with E-state index in [9.17, 15) is 9.59 Å². The molecule has 0 bridgehead atoms. The van der Waals surface area contributed by atoms with Crippen LogP contribution in [0.15, 0.2) is 0 Å². The Bertz CT molecular complexity index is 269. The van der Waals surface area contributed by atoms with Crippen LogP contribution in [0, 0.1) is 5.92 Å². The number of ketones is 1. The second kappa shape index (κ2) is 10.9. The Morgan fingerprint density at radius 3 is 2.37 bits per heavy atom. The fraction of sp³-hybridized carbons (Fsp3) is 0.846. The van der Waals surface area contributed by atoms with Gasteiger partial charge in [-0.05, 0) is 6.92 Å². The van der Waals surface area contributed by atoms with Crippen molar-refractivity contribution >= 4 is 11.7 Å². The van der Waals surface area contributed by atoms with E-state index in [0.29, 0.717) is 19.8 Å². The van der Waals surface area contributed by atoms with Gasteiger partial charge in [0.25, 0.3) is 0 Å². The maximum Gasteiger partial charge on any atom is 0.234 e. The predicted octanol–water partition coefficient (Wildman–Crippen LogP) is -0.0312. The molecule has 0 aliphatic rings. The molecule has 0 aliphatic heterocycles. The number of methoxy groups -OCH3 is 1. The number of carbonyl (C=O) groups is 2. The van der Waals surface area contributed by atoms with Crippen LogP contribution in [0.25, 0.3) is 0 Å². The van der Waals surface area contributed by atoms with E-state index in [0.717, 1.165) is 0 Å². The van der Waals surface area contributed by atoms with Crippen molar-refractivity contribution in [2.75, 3.05) is 40.0 Å². The second-order valence-electron chi connectivity index (χ2n) is 4.59. The average molecular weight is 274 g/mol. The summed E-state index contributed by atoms with van der Waals surface area (Å²) in [7, 11) is 1.60. The molecular weight excluding hydrogens is 248 g/mol. The first-order chi connectivity index (χ1) is 9.01. The van der Waals surface area contributed by atoms with Crippen LogP contribution in [0.1, 0.15) is 20.8 Å². The molecule has 0 aromatic carbocycles. The minimum Gasteiger partial charge on any atom is -0.383 e. The molecule has 0 saturated heterocycles. The third-order valence-electron chi connectivity index (χ3n) is 2.55. The van der Waals surface area contributed by atoms with Gasteiger partial charge in [0.1, 0.15) is 0 Å². The molecule has 0 rings (SSSR count). The summed E-state index contributed by atoms with van der Waals surface area (Å²) in [6.45, 7) is 7.34. The van der Waals surface area contributed by atoms with Crippen molar-refractivity contribution < 1.29 is 19.1 Å². The van der Waals surface area contributed by atoms with Crippen LogP contribution in [0.3, 0.4) is 0 Å². The first kappa shape index (κ1) is 18.0. The number of carbonyl (C=O) groups excluding carboxylic acids is 2. The zero-order chi connectivity index (χ0) is 14.7. The molecule has 0 aromatic heterocycles. The molecular formula is C13H26N2O4. The van der Waals surface area contributed by atoms with Gasteiger partial charge in [0.2, 0.25) is 5.91 Å². The number of rotatable bonds is 11. The Morgan fingerprint density at radius 1 is 1.16 bits per heavy atom. The Hall–Kier alpha value is -0.980. The molecule has 6 heteroatoms. The lowest BCUT2D eigenvalue weighted by atomic mass is 10.1. The van der Waals surface area contributed by atoms with Crippen LogP contribution in [0.5, 0.6) is 0 Å². The monoisotopic (exact) mass is 274 g/mol. The summed E-state index contributed by atoms with van der Waals surface area (Å²) in [5.74, 6) is -0.241. The lowest BCUT2D eigenvalue weighted by molar-refractivity contribution is -0.126. The van der Waals surface area contributed by atoms with Gasteiger partial charge in [-0.25, -0.2) is 0 Å². The summed E-state index contributed by atoms with van der Waals surface area (Å²) >= 11 is 0. The minimum atomic E-state index is -0.202. The molecule has 0 radical (unpaired) electrons. The predicted molar refractivity (Wildman–Crippen MR) is 73.0 cm³/mol. The zero-order valence-electron chi connectivity index (χ0n) is 12.3. The van der Waals surface area contributed by atoms with Gasteiger partial charge in [-0.3, -0.25) is 9.59 Å². The van der Waals surface area contributed by atoms with Crippen molar-refractivity contribution in [3.63, 3.8) is 0 Å². The van der Waals surface area contributed by atoms with E-state index >= 15 is 0 Å². The maximum atomic E-state index is 11.5. The van der Waals surface area contributed by atoms with Crippen LogP contribution in [-0.4, -0.2) is 57.8 Å². The van der Waals surface area contributed by atoms with E-state index in [1.54, 1.807) is 7.11 Å². The summed E-state index contributed by atoms with van der Waals surface area (Å²) in [4.78, 5) is 22.9. The van der Waals surface area contributed by atoms with Crippen LogP contribution in [0.4, 0.5) is 0 Å². The molecule has 0 aliphatic carbocycles. The Labute approximate surface area is 115 Å². The molecule has 0 spiro atoms. The zero-order valence-corrected chi connectivity index (χ0v) is 12.3. The molecule has 0 heterocycles. The minimum absolute atomic E-state index is 0.0242. The molecule has 1 amide bonds. The first-order valence-electron chi connectivity index (χ1n) is 6.60. The number of ether oxygens (including phenoxy) is 2. The average Bonchev–Trinajstić information content (AvgIpc) is 2.38. The molecule has 0 saturated carbocycles. The van der Waals surface area contributed by atoms with Crippen molar-refractivity contribution in [1.29, 1.82) is 0 Å². The SMILES string of the molecule is CCOCC(COC)NCC(=O)NCC(=O)C(C)C. The highest BCUT2D eigenvalue weighted by atomic mass is 16.5. The normalized spacial score (nSPS) is 12.5. The number of hydrogen-bond donors (Lipinski definition) is 2. The summed E-state index contributed by atoms with van der Waals surface area (Å²) in [6.07, 6.45) is 0. The smallest absolute Gasteiger partial charge is 0.234 e. The first-order valence-corrected chi connectivity index (χ1v) is 6.60. The third-order valence-corrected chi connectivity index (χ3v) is 2.55. The summed E-state index contributed by atoms with van der Waals surface area (Å²) in [6, 6.07) is -0.0310. The number of Topliss-reactive ketones (excluding diaryl/α,β-unsaturated/α-hetero) is 1. The van der Waals surface area contributed by atoms with Crippen LogP contribution in [0.2, 0.25) is 0 Å². The van der Waals surface area contributed by atoms with Crippen LogP contribution >= 0.6 is 0 Å². The van der Waals surface area contributed by atoms with E-state index in [2.05, 4.69) is 10.6 Å². The number of amides is 1. The van der Waals surface area contributed by atoms with E-state index in [1.807, 2.05) is 20.8 Å². The van der Waals surface area contributed by atoms with E-state index in [1.165, 1.54) is 0 Å². The van der Waals surface area contributed by atoms with Crippen LogP contribution < -0.4 is 10.6 Å². The molecule has 1 atom stereocenters. The van der Waals surface area contributed by atoms with Gasteiger partial charge in [0.15, 0.2) is 5.78 Å². The van der Waals surface area contributed by atoms with E-state index < -0.39 is 0 Å². The lowest BCUT2D eigenvalue weighted by Crippen LogP contribution is -2.44. The number of nitrogens with one attached hydrogen (secondary N) is 2. The standard InChI is InChI=1S/C13H26N2O4/c1-5-19-9-11(8-18-4)14-7-13(17)15-6-12(16)10(2)3/h10-11,14H,5-9H2,1-4H3,(H,15,17). The molecule has 2 N–H and O–H groups in total. The third kappa shape index (κ3) is 9.58. The van der Waals surface area contributed by atoms with Gasteiger partial charge >= 0.3 is 0 Å². The molecule has 0 aromatic rings. The lowest BCUT2D eigenvalue weighted by Gasteiger charge is -2.17. The van der Waals surface area contributed by atoms with Crippen molar-refractivity contribution in [1.82, 2.24) is 10.6 Å². The summed E-state index contributed by atoms with van der Waals surface area (Å²) in [5.41, 5.74) is 0. The van der Waals surface area contributed by atoms with Gasteiger partial charge in [-0.2, -0.15) is 0 Å². The van der Waals surface area contributed by atoms with Crippen molar-refractivity contribution in [2.24, 2.45) is 5.92 Å². The largest absolute Gasteiger partial charge is 0.383 e. The highest BCUT2D eigenvalue weighted by Crippen LogP contribution is 1.92.